The van der Waals surface area contributed by atoms with Gasteiger partial charge in [0.25, 0.3) is 5.24 Å². The average molecular weight is 417 g/mol. The summed E-state index contributed by atoms with van der Waals surface area (Å²) in [5.41, 5.74) is 11.2. The molecule has 1 saturated heterocycles. The third-order valence-corrected chi connectivity index (χ3v) is 6.06. The molecule has 3 N–H and O–H groups in total. The number of hydrogen-bond acceptors (Lipinski definition) is 4. The fourth-order valence-electron chi connectivity index (χ4n) is 3.57. The molecular formula is C24H20N2O3S. The van der Waals surface area contributed by atoms with E-state index < -0.39 is 5.91 Å². The smallest absolute Gasteiger partial charge is 0.286 e. The van der Waals surface area contributed by atoms with Crippen LogP contribution >= 0.6 is 11.8 Å². The van der Waals surface area contributed by atoms with Crippen molar-refractivity contribution in [1.82, 2.24) is 5.32 Å². The van der Waals surface area contributed by atoms with E-state index in [4.69, 9.17) is 5.73 Å². The Morgan fingerprint density at radius 3 is 2.37 bits per heavy atom. The number of imide groups is 1. The Balaban J connectivity index is 1.51. The van der Waals surface area contributed by atoms with Crippen molar-refractivity contribution in [3.63, 3.8) is 0 Å². The molecule has 0 aliphatic carbocycles. The van der Waals surface area contributed by atoms with Crippen LogP contribution in [0, 0.1) is 0 Å². The first-order chi connectivity index (χ1) is 14.5. The Kier molecular flexibility index (Phi) is 5.68. The number of carbonyl (C=O) groups excluding carboxylic acids is 3. The second kappa shape index (κ2) is 8.55. The predicted molar refractivity (Wildman–Crippen MR) is 118 cm³/mol. The molecule has 6 heteroatoms. The van der Waals surface area contributed by atoms with Crippen molar-refractivity contribution in [3.8, 4) is 11.1 Å². The van der Waals surface area contributed by atoms with Crippen LogP contribution < -0.4 is 11.1 Å². The maximum Gasteiger partial charge on any atom is 0.286 e. The molecule has 0 aromatic heterocycles. The van der Waals surface area contributed by atoms with Crippen molar-refractivity contribution >= 4 is 28.8 Å². The van der Waals surface area contributed by atoms with E-state index in [-0.39, 0.29) is 16.4 Å². The van der Waals surface area contributed by atoms with Gasteiger partial charge >= 0.3 is 0 Å². The Morgan fingerprint density at radius 2 is 1.67 bits per heavy atom. The van der Waals surface area contributed by atoms with E-state index in [0.717, 1.165) is 39.6 Å². The molecule has 1 aliphatic heterocycles. The number of benzene rings is 3. The summed E-state index contributed by atoms with van der Waals surface area (Å²) >= 11 is 1.04. The van der Waals surface area contributed by atoms with Gasteiger partial charge in [0.2, 0.25) is 11.8 Å². The highest BCUT2D eigenvalue weighted by Gasteiger charge is 2.31. The predicted octanol–water partition coefficient (Wildman–Crippen LogP) is 3.94. The van der Waals surface area contributed by atoms with Crippen molar-refractivity contribution < 1.29 is 14.4 Å². The van der Waals surface area contributed by atoms with E-state index >= 15 is 0 Å². The number of carbonyl (C=O) groups is 3. The number of rotatable bonds is 6. The van der Waals surface area contributed by atoms with Crippen molar-refractivity contribution in [2.75, 3.05) is 0 Å². The van der Waals surface area contributed by atoms with Crippen LogP contribution in [0.5, 0.6) is 0 Å². The monoisotopic (exact) mass is 416 g/mol. The van der Waals surface area contributed by atoms with Gasteiger partial charge in [-0.15, -0.1) is 0 Å². The van der Waals surface area contributed by atoms with Crippen LogP contribution in [-0.4, -0.2) is 22.3 Å². The maximum absolute atomic E-state index is 11.7. The number of hydrogen-bond donors (Lipinski definition) is 2. The molecule has 5 nitrogen and oxygen atoms in total. The summed E-state index contributed by atoms with van der Waals surface area (Å²) in [4.78, 5) is 34.7. The van der Waals surface area contributed by atoms with Gasteiger partial charge in [0, 0.05) is 5.56 Å². The molecule has 0 spiro atoms. The lowest BCUT2D eigenvalue weighted by atomic mass is 9.96. The van der Waals surface area contributed by atoms with Gasteiger partial charge < -0.3 is 5.73 Å². The highest BCUT2D eigenvalue weighted by Crippen LogP contribution is 2.26. The molecule has 1 aliphatic rings. The van der Waals surface area contributed by atoms with Crippen molar-refractivity contribution in [1.29, 1.82) is 0 Å². The molecular weight excluding hydrogens is 396 g/mol. The summed E-state index contributed by atoms with van der Waals surface area (Å²) in [5.74, 6) is -0.647. The second-order valence-electron chi connectivity index (χ2n) is 7.18. The molecule has 0 saturated carbocycles. The zero-order chi connectivity index (χ0) is 21.1. The molecule has 3 amide bonds. The fourth-order valence-corrected chi connectivity index (χ4v) is 4.43. The standard InChI is InChI=1S/C24H20N2O3S/c25-22(27)20-7-2-1-5-19(20)13-16-4-3-6-18(12-16)17-10-8-15(9-11-17)14-21-23(28)26-24(29)30-21/h1-12,21H,13-14H2,(H2,25,27)(H,26,28,29). The first-order valence-corrected chi connectivity index (χ1v) is 10.4. The topological polar surface area (TPSA) is 89.3 Å². The third kappa shape index (κ3) is 4.44. The molecule has 1 atom stereocenters. The van der Waals surface area contributed by atoms with E-state index in [2.05, 4.69) is 11.4 Å². The molecule has 0 bridgehead atoms. The first-order valence-electron chi connectivity index (χ1n) is 9.57. The van der Waals surface area contributed by atoms with E-state index in [9.17, 15) is 14.4 Å². The van der Waals surface area contributed by atoms with Crippen LogP contribution in [0.25, 0.3) is 11.1 Å². The Hall–Kier alpha value is -3.38. The molecule has 30 heavy (non-hydrogen) atoms. The summed E-state index contributed by atoms with van der Waals surface area (Å²) in [6, 6.07) is 23.6. The van der Waals surface area contributed by atoms with Crippen LogP contribution in [0.1, 0.15) is 27.0 Å². The fraction of sp³-hybridized carbons (Fsp3) is 0.125. The van der Waals surface area contributed by atoms with E-state index in [1.165, 1.54) is 0 Å². The third-order valence-electron chi connectivity index (χ3n) is 5.08. The number of nitrogens with one attached hydrogen (secondary N) is 1. The highest BCUT2D eigenvalue weighted by molar-refractivity contribution is 8.15. The summed E-state index contributed by atoms with van der Waals surface area (Å²) in [7, 11) is 0. The minimum Gasteiger partial charge on any atom is -0.366 e. The van der Waals surface area contributed by atoms with E-state index in [0.29, 0.717) is 18.4 Å². The lowest BCUT2D eigenvalue weighted by Gasteiger charge is -2.10. The average Bonchev–Trinajstić information content (AvgIpc) is 3.05. The largest absolute Gasteiger partial charge is 0.366 e. The van der Waals surface area contributed by atoms with Crippen LogP contribution in [0.4, 0.5) is 4.79 Å². The van der Waals surface area contributed by atoms with Gasteiger partial charge in [-0.2, -0.15) is 0 Å². The maximum atomic E-state index is 11.7. The molecule has 0 radical (unpaired) electrons. The number of amides is 3. The van der Waals surface area contributed by atoms with Crippen molar-refractivity contribution in [2.24, 2.45) is 5.73 Å². The van der Waals surface area contributed by atoms with Crippen LogP contribution in [0.2, 0.25) is 0 Å². The highest BCUT2D eigenvalue weighted by atomic mass is 32.2. The minimum absolute atomic E-state index is 0.224. The van der Waals surface area contributed by atoms with E-state index in [1.54, 1.807) is 6.07 Å². The molecule has 3 aromatic carbocycles. The molecule has 150 valence electrons. The molecule has 1 heterocycles. The van der Waals surface area contributed by atoms with Gasteiger partial charge in [0.05, 0.1) is 5.25 Å². The van der Waals surface area contributed by atoms with Gasteiger partial charge in [-0.05, 0) is 46.7 Å². The van der Waals surface area contributed by atoms with Crippen LogP contribution in [-0.2, 0) is 17.6 Å². The van der Waals surface area contributed by atoms with E-state index in [1.807, 2.05) is 60.7 Å². The summed E-state index contributed by atoms with van der Waals surface area (Å²) in [6.45, 7) is 0. The van der Waals surface area contributed by atoms with Crippen molar-refractivity contribution in [2.45, 2.75) is 18.1 Å². The van der Waals surface area contributed by atoms with Gasteiger partial charge in [0.15, 0.2) is 0 Å². The lowest BCUT2D eigenvalue weighted by molar-refractivity contribution is -0.118. The SMILES string of the molecule is NC(=O)c1ccccc1Cc1cccc(-c2ccc(CC3SC(=O)NC3=O)cc2)c1. The molecule has 1 fully saturated rings. The number of nitrogens with two attached hydrogens (primary N) is 1. The minimum atomic E-state index is -0.423. The summed E-state index contributed by atoms with van der Waals surface area (Å²) < 4.78 is 0. The van der Waals surface area contributed by atoms with Gasteiger partial charge in [-0.3, -0.25) is 19.7 Å². The number of primary amides is 1. The second-order valence-corrected chi connectivity index (χ2v) is 8.36. The van der Waals surface area contributed by atoms with Gasteiger partial charge in [-0.1, -0.05) is 78.5 Å². The Bertz CT molecular complexity index is 1130. The Morgan fingerprint density at radius 1 is 0.900 bits per heavy atom. The zero-order valence-electron chi connectivity index (χ0n) is 16.1. The first kappa shape index (κ1) is 19.9. The quantitative estimate of drug-likeness (QED) is 0.637. The van der Waals surface area contributed by atoms with Gasteiger partial charge in [-0.25, -0.2) is 0 Å². The number of thioether (sulfide) groups is 1. The Labute approximate surface area is 178 Å². The molecule has 1 unspecified atom stereocenters. The lowest BCUT2D eigenvalue weighted by Crippen LogP contribution is -2.25. The van der Waals surface area contributed by atoms with Crippen LogP contribution in [0.15, 0.2) is 72.8 Å². The molecule has 3 aromatic rings. The van der Waals surface area contributed by atoms with Crippen LogP contribution in [0.3, 0.4) is 0 Å². The normalized spacial score (nSPS) is 15.8. The molecule has 4 rings (SSSR count). The van der Waals surface area contributed by atoms with Gasteiger partial charge in [0.1, 0.15) is 0 Å². The summed E-state index contributed by atoms with van der Waals surface area (Å²) in [6.07, 6.45) is 1.14. The zero-order valence-corrected chi connectivity index (χ0v) is 16.9. The van der Waals surface area contributed by atoms with Crippen molar-refractivity contribution in [3.05, 3.63) is 95.1 Å². The summed E-state index contributed by atoms with van der Waals surface area (Å²) in [5, 5.41) is 1.67.